The van der Waals surface area contributed by atoms with Crippen molar-refractivity contribution in [2.45, 2.75) is 24.5 Å². The van der Waals surface area contributed by atoms with Crippen molar-refractivity contribution >= 4 is 37.3 Å². The molecule has 1 aliphatic rings. The van der Waals surface area contributed by atoms with Crippen LogP contribution in [0.4, 0.5) is 0 Å². The Morgan fingerprint density at radius 3 is 3.00 bits per heavy atom. The molecule has 20 heavy (non-hydrogen) atoms. The van der Waals surface area contributed by atoms with Gasteiger partial charge in [0.1, 0.15) is 17.3 Å². The molecule has 0 saturated heterocycles. The molecule has 0 amide bonds. The molecule has 0 bridgehead atoms. The van der Waals surface area contributed by atoms with Gasteiger partial charge in [-0.05, 0) is 39.4 Å². The van der Waals surface area contributed by atoms with Crippen molar-refractivity contribution in [1.29, 1.82) is 0 Å². The Balaban J connectivity index is 1.95. The van der Waals surface area contributed by atoms with E-state index in [0.717, 1.165) is 12.0 Å². The van der Waals surface area contributed by atoms with Crippen LogP contribution in [0, 0.1) is 0 Å². The number of hydrogen-bond donors (Lipinski definition) is 1. The van der Waals surface area contributed by atoms with E-state index >= 15 is 0 Å². The van der Waals surface area contributed by atoms with E-state index in [2.05, 4.69) is 15.9 Å². The van der Waals surface area contributed by atoms with Gasteiger partial charge in [0.2, 0.25) is 10.0 Å². The summed E-state index contributed by atoms with van der Waals surface area (Å²) in [7, 11) is -3.62. The smallest absolute Gasteiger partial charge is 0.247 e. The second kappa shape index (κ2) is 5.27. The SMILES string of the molecule is O=S(=O)(c1cc(CO)oc1Br)N1CCc2sccc2C1. The molecule has 0 radical (unpaired) electrons. The molecule has 3 heterocycles. The van der Waals surface area contributed by atoms with Crippen LogP contribution >= 0.6 is 27.3 Å². The van der Waals surface area contributed by atoms with E-state index in [-0.39, 0.29) is 21.9 Å². The first-order chi connectivity index (χ1) is 9.52. The fourth-order valence-electron chi connectivity index (χ4n) is 2.22. The highest BCUT2D eigenvalue weighted by atomic mass is 79.9. The van der Waals surface area contributed by atoms with Crippen molar-refractivity contribution in [3.63, 3.8) is 0 Å². The van der Waals surface area contributed by atoms with Crippen LogP contribution in [0.15, 0.2) is 31.5 Å². The van der Waals surface area contributed by atoms with E-state index in [1.807, 2.05) is 11.4 Å². The van der Waals surface area contributed by atoms with Crippen LogP contribution in [0.1, 0.15) is 16.2 Å². The second-order valence-corrected chi connectivity index (χ2v) is 8.09. The van der Waals surface area contributed by atoms with E-state index in [9.17, 15) is 8.42 Å². The fraction of sp³-hybridized carbons (Fsp3) is 0.333. The summed E-state index contributed by atoms with van der Waals surface area (Å²) in [4.78, 5) is 1.32. The average molecular weight is 378 g/mol. The van der Waals surface area contributed by atoms with E-state index in [1.165, 1.54) is 15.2 Å². The predicted molar refractivity (Wildman–Crippen MR) is 77.9 cm³/mol. The first kappa shape index (κ1) is 14.3. The Hall–Kier alpha value is -0.670. The summed E-state index contributed by atoms with van der Waals surface area (Å²) in [6.07, 6.45) is 0.731. The highest BCUT2D eigenvalue weighted by Crippen LogP contribution is 2.32. The monoisotopic (exact) mass is 377 g/mol. The van der Waals surface area contributed by atoms with Crippen LogP contribution in [0.5, 0.6) is 0 Å². The predicted octanol–water partition coefficient (Wildman–Crippen LogP) is 2.34. The Morgan fingerprint density at radius 1 is 1.50 bits per heavy atom. The summed E-state index contributed by atoms with van der Waals surface area (Å²) >= 11 is 4.77. The van der Waals surface area contributed by atoms with E-state index in [4.69, 9.17) is 9.52 Å². The van der Waals surface area contributed by atoms with Gasteiger partial charge in [0.15, 0.2) is 4.67 Å². The van der Waals surface area contributed by atoms with Crippen molar-refractivity contribution < 1.29 is 17.9 Å². The van der Waals surface area contributed by atoms with Gasteiger partial charge in [-0.1, -0.05) is 0 Å². The molecule has 0 aromatic carbocycles. The van der Waals surface area contributed by atoms with Gasteiger partial charge in [-0.25, -0.2) is 8.42 Å². The van der Waals surface area contributed by atoms with Crippen LogP contribution in [0.2, 0.25) is 0 Å². The maximum absolute atomic E-state index is 12.6. The molecule has 1 aliphatic heterocycles. The van der Waals surface area contributed by atoms with Crippen molar-refractivity contribution in [2.24, 2.45) is 0 Å². The lowest BCUT2D eigenvalue weighted by Crippen LogP contribution is -2.35. The maximum Gasteiger partial charge on any atom is 0.247 e. The molecular weight excluding hydrogens is 366 g/mol. The summed E-state index contributed by atoms with van der Waals surface area (Å²) < 4.78 is 32.0. The minimum Gasteiger partial charge on any atom is -0.450 e. The Labute approximate surface area is 129 Å². The number of nitrogens with zero attached hydrogens (tertiary/aromatic N) is 1. The molecule has 2 aromatic rings. The molecule has 0 spiro atoms. The lowest BCUT2D eigenvalue weighted by Gasteiger charge is -2.25. The second-order valence-electron chi connectivity index (χ2n) is 4.47. The number of thiophene rings is 1. The molecular formula is C12H12BrNO4S2. The number of sulfonamides is 1. The van der Waals surface area contributed by atoms with Crippen molar-refractivity contribution in [2.75, 3.05) is 6.54 Å². The normalized spacial score (nSPS) is 16.3. The lowest BCUT2D eigenvalue weighted by molar-refractivity contribution is 0.245. The highest BCUT2D eigenvalue weighted by Gasteiger charge is 2.32. The van der Waals surface area contributed by atoms with Gasteiger partial charge in [0, 0.05) is 24.0 Å². The number of halogens is 1. The zero-order valence-electron chi connectivity index (χ0n) is 10.4. The number of rotatable bonds is 3. The van der Waals surface area contributed by atoms with Crippen LogP contribution < -0.4 is 0 Å². The topological polar surface area (TPSA) is 70.8 Å². The van der Waals surface area contributed by atoms with E-state index in [1.54, 1.807) is 11.3 Å². The molecule has 0 unspecified atom stereocenters. The molecule has 5 nitrogen and oxygen atoms in total. The van der Waals surface area contributed by atoms with Crippen molar-refractivity contribution in [3.8, 4) is 0 Å². The summed E-state index contributed by atoms with van der Waals surface area (Å²) in [5.41, 5.74) is 1.06. The molecule has 0 aliphatic carbocycles. The van der Waals surface area contributed by atoms with Gasteiger partial charge in [0.05, 0.1) is 0 Å². The Kier molecular flexibility index (Phi) is 3.76. The van der Waals surface area contributed by atoms with Gasteiger partial charge >= 0.3 is 0 Å². The van der Waals surface area contributed by atoms with E-state index in [0.29, 0.717) is 13.1 Å². The van der Waals surface area contributed by atoms with Crippen LogP contribution in [0.3, 0.4) is 0 Å². The summed E-state index contributed by atoms with van der Waals surface area (Å²) in [5.74, 6) is 0.226. The minimum absolute atomic E-state index is 0.0697. The number of aliphatic hydroxyl groups excluding tert-OH is 1. The molecule has 0 saturated carbocycles. The van der Waals surface area contributed by atoms with Crippen LogP contribution in [-0.2, 0) is 29.6 Å². The van der Waals surface area contributed by atoms with E-state index < -0.39 is 10.0 Å². The summed E-state index contributed by atoms with van der Waals surface area (Å²) in [6, 6.07) is 3.33. The third-order valence-corrected chi connectivity index (χ3v) is 6.98. The fourth-order valence-corrected chi connectivity index (χ4v) is 5.49. The molecule has 3 rings (SSSR count). The molecule has 0 atom stereocenters. The molecule has 8 heteroatoms. The van der Waals surface area contributed by atoms with Gasteiger partial charge in [-0.3, -0.25) is 0 Å². The van der Waals surface area contributed by atoms with Gasteiger partial charge in [-0.2, -0.15) is 4.31 Å². The minimum atomic E-state index is -3.62. The van der Waals surface area contributed by atoms with Crippen LogP contribution in [-0.4, -0.2) is 24.4 Å². The molecule has 108 valence electrons. The van der Waals surface area contributed by atoms with Crippen molar-refractivity contribution in [1.82, 2.24) is 4.31 Å². The molecule has 0 fully saturated rings. The van der Waals surface area contributed by atoms with Gasteiger partial charge < -0.3 is 9.52 Å². The summed E-state index contributed by atoms with van der Waals surface area (Å²) in [5, 5.41) is 11.0. The Morgan fingerprint density at radius 2 is 2.30 bits per heavy atom. The van der Waals surface area contributed by atoms with Crippen LogP contribution in [0.25, 0.3) is 0 Å². The first-order valence-electron chi connectivity index (χ1n) is 5.97. The quantitative estimate of drug-likeness (QED) is 0.890. The zero-order valence-corrected chi connectivity index (χ0v) is 13.6. The molecule has 2 aromatic heterocycles. The number of aliphatic hydroxyl groups is 1. The highest BCUT2D eigenvalue weighted by molar-refractivity contribution is 9.10. The zero-order chi connectivity index (χ0) is 14.3. The summed E-state index contributed by atoms with van der Waals surface area (Å²) in [6.45, 7) is 0.512. The van der Waals surface area contributed by atoms with Gasteiger partial charge in [0.25, 0.3) is 0 Å². The largest absolute Gasteiger partial charge is 0.450 e. The number of furan rings is 1. The third-order valence-electron chi connectivity index (χ3n) is 3.25. The first-order valence-corrected chi connectivity index (χ1v) is 9.08. The Bertz CT molecular complexity index is 734. The third kappa shape index (κ3) is 2.35. The lowest BCUT2D eigenvalue weighted by atomic mass is 10.1. The molecule has 1 N–H and O–H groups in total. The average Bonchev–Trinajstić information content (AvgIpc) is 3.03. The van der Waals surface area contributed by atoms with Gasteiger partial charge in [-0.15, -0.1) is 11.3 Å². The van der Waals surface area contributed by atoms with Crippen molar-refractivity contribution in [3.05, 3.63) is 38.4 Å². The number of hydrogen-bond acceptors (Lipinski definition) is 5. The standard InChI is InChI=1S/C12H12BrNO4S2/c13-12-11(5-9(7-15)18-12)20(16,17)14-3-1-10-8(6-14)2-4-19-10/h2,4-5,15H,1,3,6-7H2. The maximum atomic E-state index is 12.6. The number of fused-ring (bicyclic) bond motifs is 1.